The minimum atomic E-state index is -3.70. The number of sulfonamides is 1. The molecular weight excluding hydrogens is 476 g/mol. The van der Waals surface area contributed by atoms with Gasteiger partial charge >= 0.3 is 0 Å². The Hall–Kier alpha value is -3.01. The molecule has 9 heteroatoms. The second kappa shape index (κ2) is 10.2. The highest BCUT2D eigenvalue weighted by Crippen LogP contribution is 2.32. The molecule has 1 N–H and O–H groups in total. The monoisotopic (exact) mass is 510 g/mol. The molecule has 192 valence electrons. The van der Waals surface area contributed by atoms with E-state index in [0.29, 0.717) is 5.56 Å². The van der Waals surface area contributed by atoms with E-state index in [4.69, 9.17) is 0 Å². The molecule has 3 aromatic rings. The fourth-order valence-electron chi connectivity index (χ4n) is 4.98. The lowest BCUT2D eigenvalue weighted by atomic mass is 9.98. The summed E-state index contributed by atoms with van der Waals surface area (Å²) in [5.41, 5.74) is 3.40. The van der Waals surface area contributed by atoms with Gasteiger partial charge in [0, 0.05) is 67.9 Å². The number of pyridine rings is 1. The number of hydrogen-bond acceptors (Lipinski definition) is 6. The maximum Gasteiger partial charge on any atom is 0.248 e. The molecule has 0 spiro atoms. The summed E-state index contributed by atoms with van der Waals surface area (Å²) in [5, 5.41) is 0.884. The third-order valence-corrected chi connectivity index (χ3v) is 8.60. The molecule has 2 aromatic carbocycles. The standard InChI is InChI=1S/C27H34N4O4S/c1-18-13-27(33)28-24-10-8-19(14-22(18)24)15-26(32)23-16-21(36(34,35)30(4)5)9-11-25(23)31-12-6-7-20(31)17-29(2)3/h8-11,13-14,16,20H,6-7,12,15,17H2,1-5H3,(H,28,33). The minimum absolute atomic E-state index is 0.106. The summed E-state index contributed by atoms with van der Waals surface area (Å²) in [6.45, 7) is 3.55. The van der Waals surface area contributed by atoms with Crippen LogP contribution in [-0.2, 0) is 16.4 Å². The van der Waals surface area contributed by atoms with Crippen LogP contribution in [0.15, 0.2) is 52.2 Å². The highest BCUT2D eigenvalue weighted by Gasteiger charge is 2.30. The van der Waals surface area contributed by atoms with E-state index in [1.807, 2.05) is 39.2 Å². The number of rotatable bonds is 8. The first-order valence-corrected chi connectivity index (χ1v) is 13.5. The number of ketones is 1. The molecule has 1 fully saturated rings. The first-order valence-electron chi connectivity index (χ1n) is 12.1. The minimum Gasteiger partial charge on any atom is -0.367 e. The van der Waals surface area contributed by atoms with Gasteiger partial charge in [-0.2, -0.15) is 0 Å². The van der Waals surface area contributed by atoms with Crippen LogP contribution < -0.4 is 10.5 Å². The van der Waals surface area contributed by atoms with E-state index >= 15 is 0 Å². The summed E-state index contributed by atoms with van der Waals surface area (Å²) in [7, 11) is 3.34. The predicted molar refractivity (Wildman–Crippen MR) is 144 cm³/mol. The van der Waals surface area contributed by atoms with E-state index in [-0.39, 0.29) is 28.7 Å². The number of benzene rings is 2. The van der Waals surface area contributed by atoms with E-state index in [9.17, 15) is 18.0 Å². The predicted octanol–water partition coefficient (Wildman–Crippen LogP) is 3.04. The normalized spacial score (nSPS) is 16.4. The maximum absolute atomic E-state index is 13.7. The van der Waals surface area contributed by atoms with Crippen LogP contribution >= 0.6 is 0 Å². The van der Waals surface area contributed by atoms with Gasteiger partial charge in [-0.1, -0.05) is 6.07 Å². The lowest BCUT2D eigenvalue weighted by molar-refractivity contribution is 0.0993. The summed E-state index contributed by atoms with van der Waals surface area (Å²) in [6.07, 6.45) is 2.16. The van der Waals surface area contributed by atoms with Gasteiger partial charge in [0.1, 0.15) is 0 Å². The van der Waals surface area contributed by atoms with Gasteiger partial charge in [-0.3, -0.25) is 9.59 Å². The number of carbonyl (C=O) groups is 1. The van der Waals surface area contributed by atoms with Crippen molar-refractivity contribution in [1.82, 2.24) is 14.2 Å². The largest absolute Gasteiger partial charge is 0.367 e. The highest BCUT2D eigenvalue weighted by molar-refractivity contribution is 7.89. The van der Waals surface area contributed by atoms with Gasteiger partial charge in [0.15, 0.2) is 5.78 Å². The van der Waals surface area contributed by atoms with Crippen molar-refractivity contribution in [2.75, 3.05) is 46.2 Å². The molecule has 1 aliphatic heterocycles. The van der Waals surface area contributed by atoms with Gasteiger partial charge in [-0.25, -0.2) is 12.7 Å². The number of anilines is 1. The summed E-state index contributed by atoms with van der Waals surface area (Å²) in [4.78, 5) is 32.8. The number of carbonyl (C=O) groups excluding carboxylic acids is 1. The average molecular weight is 511 g/mol. The first kappa shape index (κ1) is 26.1. The van der Waals surface area contributed by atoms with Gasteiger partial charge in [-0.05, 0) is 75.3 Å². The fourth-order valence-corrected chi connectivity index (χ4v) is 5.91. The molecule has 8 nitrogen and oxygen atoms in total. The third-order valence-electron chi connectivity index (χ3n) is 6.79. The molecule has 36 heavy (non-hydrogen) atoms. The third kappa shape index (κ3) is 5.23. The van der Waals surface area contributed by atoms with Crippen LogP contribution in [0.2, 0.25) is 0 Å². The molecule has 0 amide bonds. The number of Topliss-reactive ketones (excluding diaryl/α,β-unsaturated/α-hetero) is 1. The number of hydrogen-bond donors (Lipinski definition) is 1. The molecule has 1 aliphatic rings. The number of nitrogens with zero attached hydrogens (tertiary/aromatic N) is 3. The van der Waals surface area contributed by atoms with Gasteiger partial charge in [0.2, 0.25) is 15.6 Å². The van der Waals surface area contributed by atoms with Crippen molar-refractivity contribution < 1.29 is 13.2 Å². The van der Waals surface area contributed by atoms with E-state index in [1.165, 1.54) is 20.2 Å². The van der Waals surface area contributed by atoms with Crippen LogP contribution in [0.25, 0.3) is 10.9 Å². The van der Waals surface area contributed by atoms with Crippen molar-refractivity contribution in [3.8, 4) is 0 Å². The van der Waals surface area contributed by atoms with E-state index < -0.39 is 10.0 Å². The van der Waals surface area contributed by atoms with Gasteiger partial charge < -0.3 is 14.8 Å². The van der Waals surface area contributed by atoms with Gasteiger partial charge in [0.25, 0.3) is 0 Å². The second-order valence-corrected chi connectivity index (χ2v) is 12.2. The SMILES string of the molecule is Cc1cc(=O)[nH]c2ccc(CC(=O)c3cc(S(=O)(=O)N(C)C)ccc3N3CCCC3CN(C)C)cc12. The quantitative estimate of drug-likeness (QED) is 0.468. The molecular formula is C27H34N4O4S. The Morgan fingerprint density at radius 3 is 2.53 bits per heavy atom. The summed E-state index contributed by atoms with van der Waals surface area (Å²) < 4.78 is 26.9. The van der Waals surface area contributed by atoms with Crippen molar-refractivity contribution in [2.24, 2.45) is 0 Å². The van der Waals surface area contributed by atoms with Crippen LogP contribution in [0.4, 0.5) is 5.69 Å². The molecule has 1 unspecified atom stereocenters. The van der Waals surface area contributed by atoms with Crippen LogP contribution in [0.3, 0.4) is 0 Å². The zero-order chi connectivity index (χ0) is 26.2. The Kier molecular flexibility index (Phi) is 7.36. The van der Waals surface area contributed by atoms with E-state index in [1.54, 1.807) is 18.2 Å². The number of aromatic nitrogens is 1. The molecule has 4 rings (SSSR count). The van der Waals surface area contributed by atoms with Crippen LogP contribution in [-0.4, -0.2) is 75.7 Å². The summed E-state index contributed by atoms with van der Waals surface area (Å²) in [6, 6.07) is 12.3. The summed E-state index contributed by atoms with van der Waals surface area (Å²) >= 11 is 0. The van der Waals surface area contributed by atoms with Crippen LogP contribution in [0.5, 0.6) is 0 Å². The molecule has 0 bridgehead atoms. The Morgan fingerprint density at radius 2 is 1.83 bits per heavy atom. The maximum atomic E-state index is 13.7. The Bertz CT molecular complexity index is 1460. The van der Waals surface area contributed by atoms with E-state index in [0.717, 1.165) is 58.0 Å². The topological polar surface area (TPSA) is 93.8 Å². The number of nitrogens with one attached hydrogen (secondary N) is 1. The van der Waals surface area contributed by atoms with E-state index in [2.05, 4.69) is 14.8 Å². The van der Waals surface area contributed by atoms with Crippen molar-refractivity contribution in [3.63, 3.8) is 0 Å². The molecule has 0 saturated carbocycles. The lowest BCUT2D eigenvalue weighted by Gasteiger charge is -2.31. The molecule has 1 saturated heterocycles. The van der Waals surface area contributed by atoms with Crippen molar-refractivity contribution in [1.29, 1.82) is 0 Å². The van der Waals surface area contributed by atoms with Gasteiger partial charge in [0.05, 0.1) is 4.90 Å². The van der Waals surface area contributed by atoms with Crippen molar-refractivity contribution in [3.05, 3.63) is 69.5 Å². The number of aryl methyl sites for hydroxylation is 1. The second-order valence-electron chi connectivity index (χ2n) is 10.0. The number of H-pyrrole nitrogens is 1. The van der Waals surface area contributed by atoms with Gasteiger partial charge in [-0.15, -0.1) is 0 Å². The van der Waals surface area contributed by atoms with Crippen molar-refractivity contribution >= 4 is 32.4 Å². The van der Waals surface area contributed by atoms with Crippen LogP contribution in [0.1, 0.15) is 34.3 Å². The molecule has 0 radical (unpaired) electrons. The Balaban J connectivity index is 1.76. The molecule has 2 heterocycles. The molecule has 0 aliphatic carbocycles. The Morgan fingerprint density at radius 1 is 1.08 bits per heavy atom. The number of likely N-dealkylation sites (N-methyl/N-ethyl adjacent to an activating group) is 1. The molecule has 1 atom stereocenters. The lowest BCUT2D eigenvalue weighted by Crippen LogP contribution is -2.38. The average Bonchev–Trinajstić information content (AvgIpc) is 3.26. The Labute approximate surface area is 212 Å². The van der Waals surface area contributed by atoms with Crippen molar-refractivity contribution in [2.45, 2.75) is 37.1 Å². The number of aromatic amines is 1. The zero-order valence-electron chi connectivity index (χ0n) is 21.5. The highest BCUT2D eigenvalue weighted by atomic mass is 32.2. The summed E-state index contributed by atoms with van der Waals surface area (Å²) in [5.74, 6) is -0.141. The first-order chi connectivity index (χ1) is 17.0. The smallest absolute Gasteiger partial charge is 0.248 e. The molecule has 1 aromatic heterocycles. The zero-order valence-corrected chi connectivity index (χ0v) is 22.4. The fraction of sp³-hybridized carbons (Fsp3) is 0.407. The van der Waals surface area contributed by atoms with Crippen LogP contribution in [0, 0.1) is 6.92 Å². The number of fused-ring (bicyclic) bond motifs is 1.